The molecule has 3 fully saturated rings. The fourth-order valence-corrected chi connectivity index (χ4v) is 4.97. The second kappa shape index (κ2) is 12.1. The van der Waals surface area contributed by atoms with Crippen molar-refractivity contribution in [2.75, 3.05) is 46.4 Å². The van der Waals surface area contributed by atoms with Crippen molar-refractivity contribution in [3.63, 3.8) is 0 Å². The lowest BCUT2D eigenvalue weighted by molar-refractivity contribution is -0.143. The van der Waals surface area contributed by atoms with E-state index in [-0.39, 0.29) is 18.4 Å². The molecule has 8 heteroatoms. The molecule has 3 aliphatic heterocycles. The summed E-state index contributed by atoms with van der Waals surface area (Å²) < 4.78 is 11.6. The van der Waals surface area contributed by atoms with Crippen molar-refractivity contribution in [2.24, 2.45) is 0 Å². The van der Waals surface area contributed by atoms with Gasteiger partial charge in [-0.1, -0.05) is 12.5 Å². The largest absolute Gasteiger partial charge is 0.493 e. The van der Waals surface area contributed by atoms with Crippen LogP contribution < -0.4 is 9.47 Å². The minimum atomic E-state index is -0.250. The summed E-state index contributed by atoms with van der Waals surface area (Å²) in [7, 11) is 1.69. The molecule has 0 radical (unpaired) electrons. The van der Waals surface area contributed by atoms with Gasteiger partial charge >= 0.3 is 0 Å². The standard InChI is InChI=1S/C23H35N3O3.CH2O2/c1-18-23(27)26-12-6-7-20(26)17-25(18)16-19-8-9-21(22(15-19)28-2)29-14-13-24-10-4-3-5-11-24;2-1-3/h8-9,15,18,20H,3-7,10-14,16-17H2,1-2H3;1H,(H,2,3)/t18-,20-;/m1./s1. The topological polar surface area (TPSA) is 82.6 Å². The van der Waals surface area contributed by atoms with Gasteiger partial charge in [-0.3, -0.25) is 19.4 Å². The van der Waals surface area contributed by atoms with Crippen LogP contribution in [0, 0.1) is 0 Å². The number of fused-ring (bicyclic) bond motifs is 1. The van der Waals surface area contributed by atoms with E-state index in [0.717, 1.165) is 56.1 Å². The number of benzene rings is 1. The molecule has 3 heterocycles. The Balaban J connectivity index is 0.000000913. The van der Waals surface area contributed by atoms with Crippen LogP contribution in [0.15, 0.2) is 18.2 Å². The SMILES string of the molecule is COc1cc(CN2C[C@H]3CCCN3C(=O)[C@H]2C)ccc1OCCN1CCCCC1.O=CO. The number of hydrogen-bond acceptors (Lipinski definition) is 6. The van der Waals surface area contributed by atoms with Crippen molar-refractivity contribution >= 4 is 12.4 Å². The Morgan fingerprint density at radius 3 is 2.59 bits per heavy atom. The van der Waals surface area contributed by atoms with E-state index in [1.54, 1.807) is 7.11 Å². The first kappa shape index (κ1) is 24.3. The molecule has 1 N–H and O–H groups in total. The predicted molar refractivity (Wildman–Crippen MR) is 122 cm³/mol. The third-order valence-electron chi connectivity index (χ3n) is 6.74. The molecule has 0 aromatic heterocycles. The second-order valence-electron chi connectivity index (χ2n) is 8.77. The van der Waals surface area contributed by atoms with E-state index in [4.69, 9.17) is 19.4 Å². The summed E-state index contributed by atoms with van der Waals surface area (Å²) >= 11 is 0. The van der Waals surface area contributed by atoms with Gasteiger partial charge in [0, 0.05) is 32.2 Å². The zero-order valence-electron chi connectivity index (χ0n) is 19.4. The monoisotopic (exact) mass is 447 g/mol. The molecule has 0 spiro atoms. The van der Waals surface area contributed by atoms with Gasteiger partial charge in [0.05, 0.1) is 13.2 Å². The average Bonchev–Trinajstić information content (AvgIpc) is 3.28. The molecule has 178 valence electrons. The Hall–Kier alpha value is -2.32. The van der Waals surface area contributed by atoms with Gasteiger partial charge in [0.25, 0.3) is 6.47 Å². The molecule has 3 aliphatic rings. The number of carbonyl (C=O) groups is 2. The number of piperidine rings is 1. The number of piperazine rings is 1. The molecular weight excluding hydrogens is 410 g/mol. The van der Waals surface area contributed by atoms with E-state index in [1.165, 1.54) is 32.4 Å². The lowest BCUT2D eigenvalue weighted by atomic mass is 10.1. The molecule has 32 heavy (non-hydrogen) atoms. The highest BCUT2D eigenvalue weighted by Gasteiger charge is 2.40. The summed E-state index contributed by atoms with van der Waals surface area (Å²) in [6.07, 6.45) is 6.21. The second-order valence-corrected chi connectivity index (χ2v) is 8.77. The lowest BCUT2D eigenvalue weighted by Crippen LogP contribution is -2.58. The smallest absolute Gasteiger partial charge is 0.290 e. The molecule has 3 saturated heterocycles. The van der Waals surface area contributed by atoms with Gasteiger partial charge in [-0.25, -0.2) is 0 Å². The molecule has 4 rings (SSSR count). The number of methoxy groups -OCH3 is 1. The first-order valence-corrected chi connectivity index (χ1v) is 11.7. The highest BCUT2D eigenvalue weighted by atomic mass is 16.5. The Bertz CT molecular complexity index is 753. The maximum absolute atomic E-state index is 12.7. The molecule has 0 unspecified atom stereocenters. The van der Waals surface area contributed by atoms with Crippen molar-refractivity contribution in [3.8, 4) is 11.5 Å². The lowest BCUT2D eigenvalue weighted by Gasteiger charge is -2.41. The van der Waals surface area contributed by atoms with Crippen LogP contribution in [0.5, 0.6) is 11.5 Å². The van der Waals surface area contributed by atoms with Crippen LogP contribution in [0.1, 0.15) is 44.6 Å². The van der Waals surface area contributed by atoms with Crippen molar-refractivity contribution < 1.29 is 24.2 Å². The number of carboxylic acid groups (broad SMARTS) is 1. The van der Waals surface area contributed by atoms with Gasteiger partial charge in [0.2, 0.25) is 5.91 Å². The molecule has 0 aliphatic carbocycles. The van der Waals surface area contributed by atoms with E-state index < -0.39 is 0 Å². The van der Waals surface area contributed by atoms with E-state index in [9.17, 15) is 4.79 Å². The highest BCUT2D eigenvalue weighted by molar-refractivity contribution is 5.83. The normalized spacial score (nSPS) is 23.8. The Morgan fingerprint density at radius 2 is 1.88 bits per heavy atom. The van der Waals surface area contributed by atoms with Crippen LogP contribution in [0.2, 0.25) is 0 Å². The average molecular weight is 448 g/mol. The van der Waals surface area contributed by atoms with E-state index in [0.29, 0.717) is 12.6 Å². The number of ether oxygens (including phenoxy) is 2. The first-order valence-electron chi connectivity index (χ1n) is 11.7. The number of rotatable bonds is 7. The van der Waals surface area contributed by atoms with Crippen molar-refractivity contribution in [2.45, 2.75) is 57.7 Å². The minimum absolute atomic E-state index is 0.0594. The third kappa shape index (κ3) is 6.13. The van der Waals surface area contributed by atoms with Crippen molar-refractivity contribution in [3.05, 3.63) is 23.8 Å². The summed E-state index contributed by atoms with van der Waals surface area (Å²) in [6.45, 7) is 8.46. The van der Waals surface area contributed by atoms with Crippen molar-refractivity contribution in [1.82, 2.24) is 14.7 Å². The molecule has 0 saturated carbocycles. The van der Waals surface area contributed by atoms with E-state index in [2.05, 4.69) is 26.8 Å². The van der Waals surface area contributed by atoms with Crippen LogP contribution in [-0.4, -0.2) is 90.7 Å². The van der Waals surface area contributed by atoms with Gasteiger partial charge in [0.15, 0.2) is 11.5 Å². The molecule has 8 nitrogen and oxygen atoms in total. The van der Waals surface area contributed by atoms with Gasteiger partial charge < -0.3 is 19.5 Å². The molecular formula is C24H37N3O5. The van der Waals surface area contributed by atoms with Crippen LogP contribution in [-0.2, 0) is 16.1 Å². The molecule has 0 bridgehead atoms. The van der Waals surface area contributed by atoms with Crippen LogP contribution in [0.25, 0.3) is 0 Å². The van der Waals surface area contributed by atoms with Crippen LogP contribution in [0.3, 0.4) is 0 Å². The Morgan fingerprint density at radius 1 is 1.12 bits per heavy atom. The third-order valence-corrected chi connectivity index (χ3v) is 6.74. The number of carbonyl (C=O) groups excluding carboxylic acids is 1. The van der Waals surface area contributed by atoms with E-state index >= 15 is 0 Å². The van der Waals surface area contributed by atoms with E-state index in [1.807, 2.05) is 13.0 Å². The number of likely N-dealkylation sites (tertiary alicyclic amines) is 1. The fourth-order valence-electron chi connectivity index (χ4n) is 4.97. The maximum Gasteiger partial charge on any atom is 0.290 e. The van der Waals surface area contributed by atoms with Gasteiger partial charge in [0.1, 0.15) is 6.61 Å². The number of hydrogen-bond donors (Lipinski definition) is 1. The zero-order chi connectivity index (χ0) is 22.9. The maximum atomic E-state index is 12.7. The van der Waals surface area contributed by atoms with Gasteiger partial charge in [-0.05, 0) is 63.4 Å². The molecule has 2 atom stereocenters. The summed E-state index contributed by atoms with van der Waals surface area (Å²) in [5.74, 6) is 1.86. The summed E-state index contributed by atoms with van der Waals surface area (Å²) in [5, 5.41) is 6.89. The quantitative estimate of drug-likeness (QED) is 0.643. The minimum Gasteiger partial charge on any atom is -0.493 e. The number of nitrogens with zero attached hydrogens (tertiary/aromatic N) is 3. The van der Waals surface area contributed by atoms with Crippen molar-refractivity contribution in [1.29, 1.82) is 0 Å². The predicted octanol–water partition coefficient (Wildman–Crippen LogP) is 2.46. The summed E-state index contributed by atoms with van der Waals surface area (Å²) in [5.41, 5.74) is 1.16. The van der Waals surface area contributed by atoms with Gasteiger partial charge in [-0.2, -0.15) is 0 Å². The first-order chi connectivity index (χ1) is 15.6. The molecule has 1 aromatic rings. The van der Waals surface area contributed by atoms with Crippen LogP contribution in [0.4, 0.5) is 0 Å². The summed E-state index contributed by atoms with van der Waals surface area (Å²) in [6, 6.07) is 6.52. The Kier molecular flexibility index (Phi) is 9.17. The van der Waals surface area contributed by atoms with Gasteiger partial charge in [-0.15, -0.1) is 0 Å². The fraction of sp³-hybridized carbons (Fsp3) is 0.667. The van der Waals surface area contributed by atoms with Crippen LogP contribution >= 0.6 is 0 Å². The summed E-state index contributed by atoms with van der Waals surface area (Å²) in [4.78, 5) is 27.9. The number of amides is 1. The molecule has 1 aromatic carbocycles. The highest BCUT2D eigenvalue weighted by Crippen LogP contribution is 2.31. The molecule has 1 amide bonds. The Labute approximate surface area is 191 Å². The zero-order valence-corrected chi connectivity index (χ0v) is 19.4.